The van der Waals surface area contributed by atoms with Crippen LogP contribution in [-0.2, 0) is 4.74 Å². The van der Waals surface area contributed by atoms with Crippen molar-refractivity contribution in [1.82, 2.24) is 15.1 Å². The maximum Gasteiger partial charge on any atom is 0.317 e. The Morgan fingerprint density at radius 2 is 1.91 bits per heavy atom. The highest BCUT2D eigenvalue weighted by Crippen LogP contribution is 2.24. The van der Waals surface area contributed by atoms with Crippen LogP contribution in [0.25, 0.3) is 0 Å². The van der Waals surface area contributed by atoms with Crippen LogP contribution in [0.4, 0.5) is 9.18 Å². The van der Waals surface area contributed by atoms with Gasteiger partial charge in [-0.15, -0.1) is 0 Å². The number of halogens is 1. The predicted octanol–water partition coefficient (Wildman–Crippen LogP) is 2.00. The number of carbonyl (C=O) groups is 1. The Morgan fingerprint density at radius 3 is 2.61 bits per heavy atom. The molecule has 2 heterocycles. The van der Waals surface area contributed by atoms with Crippen molar-refractivity contribution in [2.24, 2.45) is 0 Å². The molecule has 3 rings (SSSR count). The molecule has 1 atom stereocenters. The van der Waals surface area contributed by atoms with E-state index in [9.17, 15) is 9.18 Å². The Balaban J connectivity index is 1.62. The Kier molecular flexibility index (Phi) is 5.13. The number of piperazine rings is 1. The second-order valence-electron chi connectivity index (χ2n) is 6.33. The largest absolute Gasteiger partial charge is 0.381 e. The number of ether oxygens (including phenoxy) is 1. The maximum absolute atomic E-state index is 13.1. The molecular weight excluding hydrogens is 297 g/mol. The SMILES string of the molecule is CN1CCN(C(=O)NC2CCOCC2)CC1c1ccc(F)cc1. The normalized spacial score (nSPS) is 23.7. The van der Waals surface area contributed by atoms with E-state index in [0.717, 1.165) is 24.9 Å². The third kappa shape index (κ3) is 4.00. The molecule has 2 aliphatic rings. The Morgan fingerprint density at radius 1 is 1.22 bits per heavy atom. The van der Waals surface area contributed by atoms with Crippen LogP contribution in [0, 0.1) is 5.82 Å². The summed E-state index contributed by atoms with van der Waals surface area (Å²) in [7, 11) is 2.04. The molecule has 2 aliphatic heterocycles. The number of hydrogen-bond acceptors (Lipinski definition) is 3. The fourth-order valence-electron chi connectivity index (χ4n) is 3.21. The lowest BCUT2D eigenvalue weighted by Crippen LogP contribution is -2.54. The van der Waals surface area contributed by atoms with Gasteiger partial charge in [0.1, 0.15) is 5.82 Å². The van der Waals surface area contributed by atoms with E-state index >= 15 is 0 Å². The summed E-state index contributed by atoms with van der Waals surface area (Å²) in [5, 5.41) is 3.11. The zero-order valence-corrected chi connectivity index (χ0v) is 13.5. The number of amides is 2. The van der Waals surface area contributed by atoms with Gasteiger partial charge in [0, 0.05) is 38.9 Å². The first-order chi connectivity index (χ1) is 11.1. The van der Waals surface area contributed by atoms with Crippen LogP contribution in [0.5, 0.6) is 0 Å². The molecule has 1 aromatic rings. The highest BCUT2D eigenvalue weighted by molar-refractivity contribution is 5.74. The lowest BCUT2D eigenvalue weighted by atomic mass is 10.0. The van der Waals surface area contributed by atoms with E-state index in [1.54, 1.807) is 12.1 Å². The monoisotopic (exact) mass is 321 g/mol. The van der Waals surface area contributed by atoms with Gasteiger partial charge in [0.15, 0.2) is 0 Å². The Bertz CT molecular complexity index is 531. The lowest BCUT2D eigenvalue weighted by molar-refractivity contribution is 0.0732. The fraction of sp³-hybridized carbons (Fsp3) is 0.588. The number of rotatable bonds is 2. The third-order valence-corrected chi connectivity index (χ3v) is 4.74. The van der Waals surface area contributed by atoms with Gasteiger partial charge >= 0.3 is 6.03 Å². The molecule has 0 radical (unpaired) electrons. The maximum atomic E-state index is 13.1. The molecular formula is C17H24FN3O2. The number of nitrogens with one attached hydrogen (secondary N) is 1. The van der Waals surface area contributed by atoms with Crippen molar-refractivity contribution in [1.29, 1.82) is 0 Å². The van der Waals surface area contributed by atoms with Gasteiger partial charge in [-0.05, 0) is 37.6 Å². The van der Waals surface area contributed by atoms with E-state index in [4.69, 9.17) is 4.74 Å². The Labute approximate surface area is 136 Å². The standard InChI is InChI=1S/C17H24FN3O2/c1-20-8-9-21(17(22)19-15-6-10-23-11-7-15)12-16(20)13-2-4-14(18)5-3-13/h2-5,15-16H,6-12H2,1H3,(H,19,22). The highest BCUT2D eigenvalue weighted by atomic mass is 19.1. The second kappa shape index (κ2) is 7.27. The van der Waals surface area contributed by atoms with E-state index in [-0.39, 0.29) is 23.9 Å². The van der Waals surface area contributed by atoms with Crippen molar-refractivity contribution >= 4 is 6.03 Å². The van der Waals surface area contributed by atoms with Gasteiger partial charge in [0.05, 0.1) is 6.04 Å². The minimum absolute atomic E-state index is 0.00267. The first-order valence-corrected chi connectivity index (χ1v) is 8.22. The summed E-state index contributed by atoms with van der Waals surface area (Å²) in [5.41, 5.74) is 1.04. The zero-order chi connectivity index (χ0) is 16.2. The lowest BCUT2D eigenvalue weighted by Gasteiger charge is -2.40. The van der Waals surface area contributed by atoms with E-state index in [1.807, 2.05) is 11.9 Å². The molecule has 2 saturated heterocycles. The number of benzene rings is 1. The molecule has 126 valence electrons. The third-order valence-electron chi connectivity index (χ3n) is 4.74. The first kappa shape index (κ1) is 16.2. The molecule has 5 nitrogen and oxygen atoms in total. The molecule has 1 N–H and O–H groups in total. The molecule has 2 amide bonds. The number of carbonyl (C=O) groups excluding carboxylic acids is 1. The summed E-state index contributed by atoms with van der Waals surface area (Å²) in [6, 6.07) is 6.86. The molecule has 2 fully saturated rings. The average Bonchev–Trinajstić information content (AvgIpc) is 2.57. The van der Waals surface area contributed by atoms with Crippen molar-refractivity contribution in [3.05, 3.63) is 35.6 Å². The molecule has 0 aliphatic carbocycles. The van der Waals surface area contributed by atoms with Gasteiger partial charge in [0.25, 0.3) is 0 Å². The minimum atomic E-state index is -0.235. The van der Waals surface area contributed by atoms with Crippen molar-refractivity contribution in [2.75, 3.05) is 39.9 Å². The molecule has 1 aromatic carbocycles. The molecule has 0 saturated carbocycles. The highest BCUT2D eigenvalue weighted by Gasteiger charge is 2.29. The average molecular weight is 321 g/mol. The smallest absolute Gasteiger partial charge is 0.317 e. The van der Waals surface area contributed by atoms with Crippen LogP contribution in [-0.4, -0.2) is 61.8 Å². The number of urea groups is 1. The van der Waals surface area contributed by atoms with Crippen LogP contribution >= 0.6 is 0 Å². The van der Waals surface area contributed by atoms with E-state index in [1.165, 1.54) is 12.1 Å². The summed E-state index contributed by atoms with van der Waals surface area (Å²) < 4.78 is 18.4. The summed E-state index contributed by atoms with van der Waals surface area (Å²) in [6.45, 7) is 3.57. The molecule has 23 heavy (non-hydrogen) atoms. The number of hydrogen-bond donors (Lipinski definition) is 1. The van der Waals surface area contributed by atoms with Gasteiger partial charge in [-0.3, -0.25) is 4.90 Å². The van der Waals surface area contributed by atoms with Crippen LogP contribution in [0.1, 0.15) is 24.4 Å². The van der Waals surface area contributed by atoms with Crippen molar-refractivity contribution < 1.29 is 13.9 Å². The first-order valence-electron chi connectivity index (χ1n) is 8.22. The van der Waals surface area contributed by atoms with Crippen molar-refractivity contribution in [2.45, 2.75) is 24.9 Å². The van der Waals surface area contributed by atoms with Gasteiger partial charge in [-0.2, -0.15) is 0 Å². The summed E-state index contributed by atoms with van der Waals surface area (Å²) in [6.07, 6.45) is 1.75. The molecule has 0 bridgehead atoms. The summed E-state index contributed by atoms with van der Waals surface area (Å²) >= 11 is 0. The summed E-state index contributed by atoms with van der Waals surface area (Å²) in [5.74, 6) is -0.235. The van der Waals surface area contributed by atoms with Crippen LogP contribution in [0.2, 0.25) is 0 Å². The molecule has 1 unspecified atom stereocenters. The van der Waals surface area contributed by atoms with Crippen LogP contribution < -0.4 is 5.32 Å². The zero-order valence-electron chi connectivity index (χ0n) is 13.5. The van der Waals surface area contributed by atoms with E-state index in [0.29, 0.717) is 26.3 Å². The molecule has 6 heteroatoms. The summed E-state index contributed by atoms with van der Waals surface area (Å²) in [4.78, 5) is 16.6. The van der Waals surface area contributed by atoms with Crippen molar-refractivity contribution in [3.63, 3.8) is 0 Å². The van der Waals surface area contributed by atoms with Crippen molar-refractivity contribution in [3.8, 4) is 0 Å². The Hall–Kier alpha value is -1.66. The molecule has 0 aromatic heterocycles. The van der Waals surface area contributed by atoms with Gasteiger partial charge in [-0.25, -0.2) is 9.18 Å². The van der Waals surface area contributed by atoms with Crippen LogP contribution in [0.15, 0.2) is 24.3 Å². The van der Waals surface area contributed by atoms with Gasteiger partial charge < -0.3 is 15.0 Å². The minimum Gasteiger partial charge on any atom is -0.381 e. The van der Waals surface area contributed by atoms with E-state index < -0.39 is 0 Å². The van der Waals surface area contributed by atoms with E-state index in [2.05, 4.69) is 10.2 Å². The van der Waals surface area contributed by atoms with Gasteiger partial charge in [-0.1, -0.05) is 12.1 Å². The predicted molar refractivity (Wildman–Crippen MR) is 85.7 cm³/mol. The van der Waals surface area contributed by atoms with Crippen LogP contribution in [0.3, 0.4) is 0 Å². The fourth-order valence-corrected chi connectivity index (χ4v) is 3.21. The number of likely N-dealkylation sites (N-methyl/N-ethyl adjacent to an activating group) is 1. The molecule has 0 spiro atoms. The van der Waals surface area contributed by atoms with Gasteiger partial charge in [0.2, 0.25) is 0 Å². The second-order valence-corrected chi connectivity index (χ2v) is 6.33. The quantitative estimate of drug-likeness (QED) is 0.906. The number of nitrogens with zero attached hydrogens (tertiary/aromatic N) is 2. The topological polar surface area (TPSA) is 44.8 Å².